The molecule has 0 radical (unpaired) electrons. The highest BCUT2D eigenvalue weighted by atomic mass is 16.3. The Kier molecular flexibility index (Phi) is 3.51. The van der Waals surface area contributed by atoms with Crippen molar-refractivity contribution >= 4 is 17.4 Å². The van der Waals surface area contributed by atoms with Crippen LogP contribution in [0, 0.1) is 0 Å². The van der Waals surface area contributed by atoms with E-state index in [0.29, 0.717) is 5.69 Å². The molecule has 1 aliphatic rings. The number of hydrogen-bond donors (Lipinski definition) is 1. The van der Waals surface area contributed by atoms with Crippen LogP contribution >= 0.6 is 0 Å². The number of amides is 1. The molecule has 0 saturated heterocycles. The number of benzene rings is 2. The predicted molar refractivity (Wildman–Crippen MR) is 83.4 cm³/mol. The van der Waals surface area contributed by atoms with Crippen LogP contribution in [-0.4, -0.2) is 16.8 Å². The van der Waals surface area contributed by atoms with Gasteiger partial charge in [0.05, 0.1) is 11.6 Å². The van der Waals surface area contributed by atoms with Gasteiger partial charge in [-0.2, -0.15) is 0 Å². The molecule has 1 amide bonds. The lowest BCUT2D eigenvalue weighted by Crippen LogP contribution is -2.30. The van der Waals surface area contributed by atoms with Gasteiger partial charge in [-0.1, -0.05) is 48.5 Å². The molecule has 0 spiro atoms. The van der Waals surface area contributed by atoms with E-state index in [1.54, 1.807) is 12.1 Å². The van der Waals surface area contributed by atoms with Crippen LogP contribution in [0.4, 0.5) is 5.69 Å². The van der Waals surface area contributed by atoms with Crippen LogP contribution in [0.2, 0.25) is 0 Å². The maximum absolute atomic E-state index is 12.5. The fourth-order valence-electron chi connectivity index (χ4n) is 2.77. The molecule has 4 heteroatoms. The number of carbonyl (C=O) groups excluding carboxylic acids is 2. The van der Waals surface area contributed by atoms with Gasteiger partial charge < -0.3 is 5.11 Å². The zero-order chi connectivity index (χ0) is 15.7. The van der Waals surface area contributed by atoms with Crippen LogP contribution in [0.3, 0.4) is 0 Å². The Morgan fingerprint density at radius 2 is 1.55 bits per heavy atom. The summed E-state index contributed by atoms with van der Waals surface area (Å²) in [6, 6.07) is 17.7. The number of rotatable bonds is 3. The molecule has 110 valence electrons. The molecular formula is C18H15NO3. The van der Waals surface area contributed by atoms with Crippen LogP contribution in [0.25, 0.3) is 0 Å². The minimum Gasteiger partial charge on any atom is -0.503 e. The fourth-order valence-corrected chi connectivity index (χ4v) is 2.77. The van der Waals surface area contributed by atoms with Gasteiger partial charge in [-0.15, -0.1) is 0 Å². The molecule has 4 nitrogen and oxygen atoms in total. The molecule has 0 aliphatic carbocycles. The van der Waals surface area contributed by atoms with Crippen molar-refractivity contribution < 1.29 is 14.7 Å². The minimum absolute atomic E-state index is 0.139. The minimum atomic E-state index is -0.603. The van der Waals surface area contributed by atoms with Crippen molar-refractivity contribution in [1.29, 1.82) is 0 Å². The normalized spacial score (nSPS) is 18.0. The van der Waals surface area contributed by atoms with Gasteiger partial charge in [-0.25, -0.2) is 0 Å². The monoisotopic (exact) mass is 293 g/mol. The molecule has 2 aromatic rings. The van der Waals surface area contributed by atoms with Gasteiger partial charge in [-0.05, 0) is 24.6 Å². The molecule has 1 N–H and O–H groups in total. The molecule has 0 saturated carbocycles. The standard InChI is InChI=1S/C18H15NO3/c1-12(20)15-16(13-8-4-2-5-9-13)19(18(22)17(15)21)14-10-6-3-7-11-14/h2-11,16,21H,1H3/t16-/m1/s1. The van der Waals surface area contributed by atoms with E-state index in [1.165, 1.54) is 11.8 Å². The van der Waals surface area contributed by atoms with Crippen LogP contribution in [0.15, 0.2) is 72.0 Å². The van der Waals surface area contributed by atoms with E-state index in [-0.39, 0.29) is 11.4 Å². The van der Waals surface area contributed by atoms with Gasteiger partial charge in [0.25, 0.3) is 5.91 Å². The van der Waals surface area contributed by atoms with E-state index in [0.717, 1.165) is 5.56 Å². The molecule has 0 unspecified atom stereocenters. The van der Waals surface area contributed by atoms with Crippen molar-refractivity contribution in [3.05, 3.63) is 77.6 Å². The Labute approximate surface area is 128 Å². The zero-order valence-corrected chi connectivity index (χ0v) is 12.1. The summed E-state index contributed by atoms with van der Waals surface area (Å²) >= 11 is 0. The number of hydrogen-bond acceptors (Lipinski definition) is 3. The first-order valence-corrected chi connectivity index (χ1v) is 6.99. The molecule has 3 rings (SSSR count). The number of carbonyl (C=O) groups is 2. The first-order chi connectivity index (χ1) is 10.6. The van der Waals surface area contributed by atoms with Gasteiger partial charge in [-0.3, -0.25) is 14.5 Å². The molecule has 22 heavy (non-hydrogen) atoms. The van der Waals surface area contributed by atoms with E-state index in [9.17, 15) is 14.7 Å². The summed E-state index contributed by atoms with van der Waals surface area (Å²) in [5.41, 5.74) is 1.57. The molecule has 1 heterocycles. The number of Topliss-reactive ketones (excluding diaryl/α,β-unsaturated/α-hetero) is 1. The van der Waals surface area contributed by atoms with Crippen molar-refractivity contribution in [1.82, 2.24) is 0 Å². The lowest BCUT2D eigenvalue weighted by atomic mass is 9.96. The Morgan fingerprint density at radius 3 is 2.09 bits per heavy atom. The third-order valence-electron chi connectivity index (χ3n) is 3.74. The lowest BCUT2D eigenvalue weighted by Gasteiger charge is -2.26. The van der Waals surface area contributed by atoms with E-state index >= 15 is 0 Å². The Balaban J connectivity index is 2.18. The third-order valence-corrected chi connectivity index (χ3v) is 3.74. The summed E-state index contributed by atoms with van der Waals surface area (Å²) in [5.74, 6) is -1.33. The fraction of sp³-hybridized carbons (Fsp3) is 0.111. The number of nitrogens with zero attached hydrogens (tertiary/aromatic N) is 1. The Morgan fingerprint density at radius 1 is 1.00 bits per heavy atom. The smallest absolute Gasteiger partial charge is 0.294 e. The van der Waals surface area contributed by atoms with Gasteiger partial charge in [0.15, 0.2) is 11.5 Å². The summed E-state index contributed by atoms with van der Waals surface area (Å²) in [6.45, 7) is 1.36. The summed E-state index contributed by atoms with van der Waals surface area (Å²) in [6.07, 6.45) is 0. The maximum atomic E-state index is 12.5. The number of aliphatic hydroxyl groups is 1. The highest BCUT2D eigenvalue weighted by molar-refractivity contribution is 6.16. The van der Waals surface area contributed by atoms with Crippen molar-refractivity contribution in [3.8, 4) is 0 Å². The number of para-hydroxylation sites is 1. The van der Waals surface area contributed by atoms with Crippen LogP contribution in [-0.2, 0) is 9.59 Å². The number of anilines is 1. The van der Waals surface area contributed by atoms with Crippen molar-refractivity contribution in [2.45, 2.75) is 13.0 Å². The molecule has 0 fully saturated rings. The van der Waals surface area contributed by atoms with E-state index in [4.69, 9.17) is 0 Å². The Hall–Kier alpha value is -2.88. The number of ketones is 1. The first kappa shape index (κ1) is 14.1. The first-order valence-electron chi connectivity index (χ1n) is 6.99. The molecule has 0 bridgehead atoms. The summed E-state index contributed by atoms with van der Waals surface area (Å²) < 4.78 is 0. The summed E-state index contributed by atoms with van der Waals surface area (Å²) in [4.78, 5) is 25.9. The second-order valence-corrected chi connectivity index (χ2v) is 5.14. The lowest BCUT2D eigenvalue weighted by molar-refractivity contribution is -0.117. The summed E-state index contributed by atoms with van der Waals surface area (Å²) in [7, 11) is 0. The van der Waals surface area contributed by atoms with Gasteiger partial charge in [0.1, 0.15) is 0 Å². The van der Waals surface area contributed by atoms with Gasteiger partial charge >= 0.3 is 0 Å². The van der Waals surface area contributed by atoms with Crippen molar-refractivity contribution in [3.63, 3.8) is 0 Å². The van der Waals surface area contributed by atoms with Crippen LogP contribution in [0.5, 0.6) is 0 Å². The SMILES string of the molecule is CC(=O)C1=C(O)C(=O)N(c2ccccc2)[C@@H]1c1ccccc1. The van der Waals surface area contributed by atoms with Gasteiger partial charge in [0.2, 0.25) is 0 Å². The van der Waals surface area contributed by atoms with E-state index < -0.39 is 17.7 Å². The molecular weight excluding hydrogens is 278 g/mol. The predicted octanol–water partition coefficient (Wildman–Crippen LogP) is 3.18. The van der Waals surface area contributed by atoms with E-state index in [1.807, 2.05) is 48.5 Å². The average Bonchev–Trinajstić information content (AvgIpc) is 2.81. The molecule has 0 aromatic heterocycles. The van der Waals surface area contributed by atoms with Gasteiger partial charge in [0, 0.05) is 5.69 Å². The van der Waals surface area contributed by atoms with Crippen molar-refractivity contribution in [2.24, 2.45) is 0 Å². The van der Waals surface area contributed by atoms with Crippen LogP contribution in [0.1, 0.15) is 18.5 Å². The second kappa shape index (κ2) is 5.48. The second-order valence-electron chi connectivity index (χ2n) is 5.14. The quantitative estimate of drug-likeness (QED) is 0.945. The average molecular weight is 293 g/mol. The largest absolute Gasteiger partial charge is 0.503 e. The van der Waals surface area contributed by atoms with E-state index in [2.05, 4.69) is 0 Å². The topological polar surface area (TPSA) is 57.6 Å². The summed E-state index contributed by atoms with van der Waals surface area (Å²) in [5, 5.41) is 10.2. The third kappa shape index (κ3) is 2.19. The molecule has 1 aliphatic heterocycles. The Bertz CT molecular complexity index is 750. The zero-order valence-electron chi connectivity index (χ0n) is 12.1. The molecule has 2 aromatic carbocycles. The van der Waals surface area contributed by atoms with Crippen LogP contribution < -0.4 is 4.90 Å². The maximum Gasteiger partial charge on any atom is 0.294 e. The highest BCUT2D eigenvalue weighted by Gasteiger charge is 2.43. The highest BCUT2D eigenvalue weighted by Crippen LogP contribution is 2.40. The van der Waals surface area contributed by atoms with Crippen molar-refractivity contribution in [2.75, 3.05) is 4.90 Å². The number of aliphatic hydroxyl groups excluding tert-OH is 1. The molecule has 1 atom stereocenters.